The van der Waals surface area contributed by atoms with E-state index in [1.807, 2.05) is 19.1 Å². The van der Waals surface area contributed by atoms with Crippen molar-refractivity contribution in [3.05, 3.63) is 52.0 Å². The molecule has 0 radical (unpaired) electrons. The van der Waals surface area contributed by atoms with Crippen LogP contribution in [0.5, 0.6) is 17.2 Å². The summed E-state index contributed by atoms with van der Waals surface area (Å²) in [6, 6.07) is 10.8. The summed E-state index contributed by atoms with van der Waals surface area (Å²) in [6.45, 7) is 1.89. The molecule has 0 amide bonds. The Balaban J connectivity index is 2.44. The molecule has 0 aliphatic rings. The van der Waals surface area contributed by atoms with Crippen molar-refractivity contribution in [2.24, 2.45) is 10.9 Å². The van der Waals surface area contributed by atoms with Gasteiger partial charge in [-0.15, -0.1) is 0 Å². The van der Waals surface area contributed by atoms with Gasteiger partial charge in [-0.3, -0.25) is 0 Å². The number of benzene rings is 2. The number of amidine groups is 1. The quantitative estimate of drug-likeness (QED) is 0.382. The maximum Gasteiger partial charge on any atom is 0.173 e. The van der Waals surface area contributed by atoms with Crippen molar-refractivity contribution in [3.63, 3.8) is 0 Å². The molecule has 6 heteroatoms. The first kappa shape index (κ1) is 15.2. The number of hydrogen-bond donors (Lipinski definition) is 2. The highest BCUT2D eigenvalue weighted by Gasteiger charge is 2.13. The normalized spacial score (nSPS) is 11.3. The van der Waals surface area contributed by atoms with Gasteiger partial charge in [0.15, 0.2) is 5.84 Å². The molecule has 5 nitrogen and oxygen atoms in total. The van der Waals surface area contributed by atoms with Crippen LogP contribution in [0.15, 0.2) is 46.0 Å². The number of aryl methyl sites for hydroxylation is 1. The van der Waals surface area contributed by atoms with Gasteiger partial charge in [-0.2, -0.15) is 0 Å². The zero-order valence-electron chi connectivity index (χ0n) is 11.6. The predicted octanol–water partition coefficient (Wildman–Crippen LogP) is 3.65. The molecule has 0 spiro atoms. The Bertz CT molecular complexity index is 687. The molecule has 0 saturated carbocycles. The molecular weight excluding hydrogens is 336 g/mol. The van der Waals surface area contributed by atoms with Gasteiger partial charge in [0.1, 0.15) is 17.2 Å². The number of para-hydroxylation sites is 1. The molecule has 2 aromatic carbocycles. The second-order valence-corrected chi connectivity index (χ2v) is 5.19. The number of nitrogens with zero attached hydrogens (tertiary/aromatic N) is 1. The van der Waals surface area contributed by atoms with Crippen molar-refractivity contribution in [1.82, 2.24) is 0 Å². The summed E-state index contributed by atoms with van der Waals surface area (Å²) >= 11 is 3.43. The molecule has 0 fully saturated rings. The van der Waals surface area contributed by atoms with E-state index in [0.717, 1.165) is 15.8 Å². The van der Waals surface area contributed by atoms with Gasteiger partial charge in [-0.05, 0) is 52.7 Å². The van der Waals surface area contributed by atoms with Gasteiger partial charge in [-0.25, -0.2) is 0 Å². The zero-order valence-corrected chi connectivity index (χ0v) is 13.2. The maximum absolute atomic E-state index is 8.87. The average molecular weight is 351 g/mol. The molecule has 0 aliphatic heterocycles. The number of halogens is 1. The van der Waals surface area contributed by atoms with Gasteiger partial charge in [0.25, 0.3) is 0 Å². The number of ether oxygens (including phenoxy) is 2. The van der Waals surface area contributed by atoms with Crippen molar-refractivity contribution < 1.29 is 14.7 Å². The van der Waals surface area contributed by atoms with E-state index in [1.165, 1.54) is 0 Å². The fourth-order valence-corrected chi connectivity index (χ4v) is 2.28. The van der Waals surface area contributed by atoms with Gasteiger partial charge in [0, 0.05) is 0 Å². The molecule has 21 heavy (non-hydrogen) atoms. The molecule has 110 valence electrons. The van der Waals surface area contributed by atoms with Gasteiger partial charge in [0.05, 0.1) is 17.1 Å². The number of hydrogen-bond acceptors (Lipinski definition) is 4. The Morgan fingerprint density at radius 2 is 2.05 bits per heavy atom. The minimum absolute atomic E-state index is 0.00154. The second-order valence-electron chi connectivity index (χ2n) is 4.34. The third-order valence-corrected chi connectivity index (χ3v) is 3.57. The van der Waals surface area contributed by atoms with Crippen LogP contribution in [0.3, 0.4) is 0 Å². The number of oxime groups is 1. The highest BCUT2D eigenvalue weighted by atomic mass is 79.9. The molecule has 0 bridgehead atoms. The van der Waals surface area contributed by atoms with E-state index in [-0.39, 0.29) is 5.84 Å². The highest BCUT2D eigenvalue weighted by Crippen LogP contribution is 2.35. The van der Waals surface area contributed by atoms with Gasteiger partial charge >= 0.3 is 0 Å². The molecule has 0 aromatic heterocycles. The first-order valence-corrected chi connectivity index (χ1v) is 6.95. The number of rotatable bonds is 4. The Kier molecular flexibility index (Phi) is 4.70. The van der Waals surface area contributed by atoms with Crippen LogP contribution in [0.1, 0.15) is 11.1 Å². The molecule has 0 unspecified atom stereocenters. The van der Waals surface area contributed by atoms with Crippen LogP contribution in [0.4, 0.5) is 0 Å². The molecule has 2 aromatic rings. The minimum atomic E-state index is -0.00154. The zero-order chi connectivity index (χ0) is 15.4. The first-order valence-electron chi connectivity index (χ1n) is 6.15. The van der Waals surface area contributed by atoms with Crippen molar-refractivity contribution in [2.45, 2.75) is 6.92 Å². The molecule has 0 atom stereocenters. The van der Waals surface area contributed by atoms with Crippen LogP contribution in [0.2, 0.25) is 0 Å². The van der Waals surface area contributed by atoms with E-state index < -0.39 is 0 Å². The van der Waals surface area contributed by atoms with Crippen molar-refractivity contribution >= 4 is 21.8 Å². The van der Waals surface area contributed by atoms with E-state index >= 15 is 0 Å². The minimum Gasteiger partial charge on any atom is -0.497 e. The van der Waals surface area contributed by atoms with Crippen molar-refractivity contribution in [3.8, 4) is 17.2 Å². The molecule has 0 aliphatic carbocycles. The summed E-state index contributed by atoms with van der Waals surface area (Å²) in [5.41, 5.74) is 7.09. The molecule has 2 rings (SSSR count). The fraction of sp³-hybridized carbons (Fsp3) is 0.133. The van der Waals surface area contributed by atoms with E-state index in [0.29, 0.717) is 17.1 Å². The lowest BCUT2D eigenvalue weighted by Gasteiger charge is -2.14. The van der Waals surface area contributed by atoms with Crippen molar-refractivity contribution in [1.29, 1.82) is 0 Å². The fourth-order valence-electron chi connectivity index (χ4n) is 1.84. The Hall–Kier alpha value is -2.21. The van der Waals surface area contributed by atoms with E-state index in [9.17, 15) is 0 Å². The summed E-state index contributed by atoms with van der Waals surface area (Å²) < 4.78 is 11.8. The van der Waals surface area contributed by atoms with Crippen LogP contribution in [0.25, 0.3) is 0 Å². The van der Waals surface area contributed by atoms with Gasteiger partial charge in [0.2, 0.25) is 0 Å². The summed E-state index contributed by atoms with van der Waals surface area (Å²) in [4.78, 5) is 0. The second kappa shape index (κ2) is 6.49. The van der Waals surface area contributed by atoms with Crippen molar-refractivity contribution in [2.75, 3.05) is 7.11 Å². The van der Waals surface area contributed by atoms with Crippen LogP contribution < -0.4 is 15.2 Å². The van der Waals surface area contributed by atoms with Crippen LogP contribution in [0, 0.1) is 6.92 Å². The monoisotopic (exact) mass is 350 g/mol. The summed E-state index contributed by atoms with van der Waals surface area (Å²) in [5.74, 6) is 1.87. The first-order chi connectivity index (χ1) is 10.1. The molecular formula is C15H15BrN2O3. The SMILES string of the molecule is COc1ccc(Oc2c(C)cccc2/C(N)=N/O)c(Br)c1. The van der Waals surface area contributed by atoms with Gasteiger partial charge in [-0.1, -0.05) is 17.3 Å². The smallest absolute Gasteiger partial charge is 0.173 e. The lowest BCUT2D eigenvalue weighted by molar-refractivity contribution is 0.318. The molecule has 3 N–H and O–H groups in total. The van der Waals surface area contributed by atoms with Crippen LogP contribution in [-0.4, -0.2) is 18.2 Å². The molecule has 0 saturated heterocycles. The number of methoxy groups -OCH3 is 1. The third-order valence-electron chi connectivity index (χ3n) is 2.95. The standard InChI is InChI=1S/C15H15BrN2O3/c1-9-4-3-5-11(15(17)18-19)14(9)21-13-7-6-10(20-2)8-12(13)16/h3-8,19H,1-2H3,(H2,17,18). The topological polar surface area (TPSA) is 77.1 Å². The lowest BCUT2D eigenvalue weighted by atomic mass is 10.1. The third kappa shape index (κ3) is 3.28. The average Bonchev–Trinajstić information content (AvgIpc) is 2.50. The summed E-state index contributed by atoms with van der Waals surface area (Å²) in [6.07, 6.45) is 0. The van der Waals surface area contributed by atoms with E-state index in [1.54, 1.807) is 31.4 Å². The Labute approximate surface area is 131 Å². The van der Waals surface area contributed by atoms with Crippen LogP contribution in [-0.2, 0) is 0 Å². The Morgan fingerprint density at radius 1 is 1.29 bits per heavy atom. The largest absolute Gasteiger partial charge is 0.497 e. The van der Waals surface area contributed by atoms with Gasteiger partial charge < -0.3 is 20.4 Å². The highest BCUT2D eigenvalue weighted by molar-refractivity contribution is 9.10. The lowest BCUT2D eigenvalue weighted by Crippen LogP contribution is -2.14. The predicted molar refractivity (Wildman–Crippen MR) is 84.5 cm³/mol. The summed E-state index contributed by atoms with van der Waals surface area (Å²) in [7, 11) is 1.60. The van der Waals surface area contributed by atoms with Crippen LogP contribution >= 0.6 is 15.9 Å². The Morgan fingerprint density at radius 3 is 2.67 bits per heavy atom. The maximum atomic E-state index is 8.87. The van der Waals surface area contributed by atoms with E-state index in [2.05, 4.69) is 21.1 Å². The summed E-state index contributed by atoms with van der Waals surface area (Å²) in [5, 5.41) is 11.9. The number of nitrogens with two attached hydrogens (primary N) is 1. The van der Waals surface area contributed by atoms with E-state index in [4.69, 9.17) is 20.4 Å². The molecule has 0 heterocycles.